The molecule has 0 aromatic rings. The minimum Gasteiger partial charge on any atom is -0.464 e. The van der Waals surface area contributed by atoms with Gasteiger partial charge in [0.15, 0.2) is 5.12 Å². The van der Waals surface area contributed by atoms with Gasteiger partial charge in [-0.3, -0.25) is 9.59 Å². The highest BCUT2D eigenvalue weighted by molar-refractivity contribution is 8.13. The number of carbonyl (C=O) groups is 3. The van der Waals surface area contributed by atoms with E-state index in [1.807, 2.05) is 19.9 Å². The van der Waals surface area contributed by atoms with Crippen LogP contribution in [0.3, 0.4) is 0 Å². The van der Waals surface area contributed by atoms with Crippen molar-refractivity contribution in [1.29, 1.82) is 0 Å². The van der Waals surface area contributed by atoms with Gasteiger partial charge in [0.1, 0.15) is 6.04 Å². The van der Waals surface area contributed by atoms with Crippen LogP contribution in [0.25, 0.3) is 0 Å². The van der Waals surface area contributed by atoms with Crippen molar-refractivity contribution in [3.05, 3.63) is 23.3 Å². The number of allylic oxidation sites excluding steroid dienone is 4. The van der Waals surface area contributed by atoms with E-state index in [0.29, 0.717) is 18.1 Å². The molecule has 0 aliphatic rings. The number of carbonyl (C=O) groups excluding carboxylic acids is 3. The smallest absolute Gasteiger partial charge is 0.328 e. The molecule has 0 aromatic carbocycles. The third-order valence-corrected chi connectivity index (χ3v) is 5.07. The van der Waals surface area contributed by atoms with Crippen LogP contribution >= 0.6 is 11.8 Å². The Kier molecular flexibility index (Phi) is 12.8. The summed E-state index contributed by atoms with van der Waals surface area (Å²) >= 11 is 1.19. The molecule has 0 fully saturated rings. The molecule has 1 N–H and O–H groups in total. The average molecular weight is 398 g/mol. The predicted octanol–water partition coefficient (Wildman–Crippen LogP) is 4.28. The maximum atomic E-state index is 12.4. The molecule has 0 aliphatic carbocycles. The van der Waals surface area contributed by atoms with Crippen molar-refractivity contribution in [2.24, 2.45) is 11.8 Å². The molecule has 0 saturated carbocycles. The Hall–Kier alpha value is -1.56. The van der Waals surface area contributed by atoms with Crippen LogP contribution in [0.1, 0.15) is 61.3 Å². The topological polar surface area (TPSA) is 72.5 Å². The Labute approximate surface area is 168 Å². The van der Waals surface area contributed by atoms with E-state index in [-0.39, 0.29) is 23.5 Å². The lowest BCUT2D eigenvalue weighted by atomic mass is 10.0. The van der Waals surface area contributed by atoms with Gasteiger partial charge in [-0.2, -0.15) is 0 Å². The number of amides is 1. The number of hydrogen-bond donors (Lipinski definition) is 1. The minimum atomic E-state index is -0.712. The van der Waals surface area contributed by atoms with E-state index in [9.17, 15) is 14.4 Å². The van der Waals surface area contributed by atoms with Crippen LogP contribution in [0.5, 0.6) is 0 Å². The number of thioether (sulfide) groups is 1. The van der Waals surface area contributed by atoms with E-state index in [1.54, 1.807) is 6.92 Å². The lowest BCUT2D eigenvalue weighted by molar-refractivity contribution is -0.147. The van der Waals surface area contributed by atoms with Gasteiger partial charge in [0.2, 0.25) is 5.91 Å². The highest BCUT2D eigenvalue weighted by Crippen LogP contribution is 2.20. The summed E-state index contributed by atoms with van der Waals surface area (Å²) in [6, 6.07) is -0.712. The third kappa shape index (κ3) is 11.7. The van der Waals surface area contributed by atoms with Gasteiger partial charge in [0.25, 0.3) is 0 Å². The molecule has 154 valence electrons. The highest BCUT2D eigenvalue weighted by Gasteiger charge is 2.22. The monoisotopic (exact) mass is 397 g/mol. The molecule has 2 unspecified atom stereocenters. The Morgan fingerprint density at radius 1 is 1.07 bits per heavy atom. The van der Waals surface area contributed by atoms with Crippen molar-refractivity contribution in [3.63, 3.8) is 0 Å². The maximum Gasteiger partial charge on any atom is 0.328 e. The van der Waals surface area contributed by atoms with Crippen LogP contribution in [0.15, 0.2) is 23.3 Å². The molecule has 2 atom stereocenters. The lowest BCUT2D eigenvalue weighted by Crippen LogP contribution is -2.41. The summed E-state index contributed by atoms with van der Waals surface area (Å²) in [5.41, 5.74) is 2.31. The predicted molar refractivity (Wildman–Crippen MR) is 112 cm³/mol. The third-order valence-electron chi connectivity index (χ3n) is 4.00. The summed E-state index contributed by atoms with van der Waals surface area (Å²) in [5.74, 6) is 0.110. The van der Waals surface area contributed by atoms with Crippen molar-refractivity contribution < 1.29 is 19.1 Å². The summed E-state index contributed by atoms with van der Waals surface area (Å²) in [5, 5.41) is 2.64. The largest absolute Gasteiger partial charge is 0.464 e. The molecule has 0 aliphatic heterocycles. The van der Waals surface area contributed by atoms with Gasteiger partial charge in [-0.15, -0.1) is 0 Å². The Morgan fingerprint density at radius 2 is 1.70 bits per heavy atom. The highest BCUT2D eigenvalue weighted by atomic mass is 32.2. The van der Waals surface area contributed by atoms with E-state index in [2.05, 4.69) is 32.2 Å². The van der Waals surface area contributed by atoms with E-state index < -0.39 is 12.0 Å². The summed E-state index contributed by atoms with van der Waals surface area (Å²) in [6.07, 6.45) is 5.49. The SMILES string of the molecule is CCOC(=O)C(CCSC(=O)C(C)C(C)=CC=C(C)CC(C)C)NC(C)=O. The molecule has 0 spiro atoms. The van der Waals surface area contributed by atoms with E-state index >= 15 is 0 Å². The van der Waals surface area contributed by atoms with Crippen molar-refractivity contribution in [3.8, 4) is 0 Å². The fraction of sp³-hybridized carbons (Fsp3) is 0.667. The van der Waals surface area contributed by atoms with Gasteiger partial charge < -0.3 is 10.1 Å². The van der Waals surface area contributed by atoms with Gasteiger partial charge >= 0.3 is 5.97 Å². The van der Waals surface area contributed by atoms with Crippen LogP contribution in [-0.2, 0) is 19.1 Å². The van der Waals surface area contributed by atoms with Gasteiger partial charge in [-0.05, 0) is 39.5 Å². The second-order valence-corrected chi connectivity index (χ2v) is 8.30. The summed E-state index contributed by atoms with van der Waals surface area (Å²) in [7, 11) is 0. The molecule has 1 amide bonds. The van der Waals surface area contributed by atoms with Crippen molar-refractivity contribution in [1.82, 2.24) is 5.32 Å². The van der Waals surface area contributed by atoms with Crippen molar-refractivity contribution in [2.45, 2.75) is 67.3 Å². The molecule has 5 nitrogen and oxygen atoms in total. The van der Waals surface area contributed by atoms with Crippen LogP contribution in [-0.4, -0.2) is 35.4 Å². The normalized spacial score (nSPS) is 14.7. The maximum absolute atomic E-state index is 12.4. The number of nitrogens with one attached hydrogen (secondary N) is 1. The first-order valence-corrected chi connectivity index (χ1v) is 10.5. The molecule has 0 bridgehead atoms. The van der Waals surface area contributed by atoms with Crippen molar-refractivity contribution >= 4 is 28.8 Å². The fourth-order valence-electron chi connectivity index (χ4n) is 2.46. The van der Waals surface area contributed by atoms with Crippen LogP contribution in [0, 0.1) is 11.8 Å². The van der Waals surface area contributed by atoms with Gasteiger partial charge in [-0.25, -0.2) is 4.79 Å². The van der Waals surface area contributed by atoms with Gasteiger partial charge in [0.05, 0.1) is 6.61 Å². The molecule has 0 rings (SSSR count). The van der Waals surface area contributed by atoms with Crippen LogP contribution < -0.4 is 5.32 Å². The zero-order valence-corrected chi connectivity index (χ0v) is 18.6. The first-order valence-electron chi connectivity index (χ1n) is 9.52. The Bertz CT molecular complexity index is 567. The van der Waals surface area contributed by atoms with E-state index in [1.165, 1.54) is 24.3 Å². The average Bonchev–Trinajstić information content (AvgIpc) is 2.57. The van der Waals surface area contributed by atoms with Crippen LogP contribution in [0.4, 0.5) is 0 Å². The molecular formula is C21H35NO4S. The first kappa shape index (κ1) is 25.4. The zero-order chi connectivity index (χ0) is 21.0. The first-order chi connectivity index (χ1) is 12.6. The van der Waals surface area contributed by atoms with Crippen LogP contribution in [0.2, 0.25) is 0 Å². The van der Waals surface area contributed by atoms with Crippen molar-refractivity contribution in [2.75, 3.05) is 12.4 Å². The second kappa shape index (κ2) is 13.6. The number of esters is 1. The fourth-order valence-corrected chi connectivity index (χ4v) is 3.45. The molecular weight excluding hydrogens is 362 g/mol. The summed E-state index contributed by atoms with van der Waals surface area (Å²) < 4.78 is 4.97. The Morgan fingerprint density at radius 3 is 2.22 bits per heavy atom. The molecule has 0 radical (unpaired) electrons. The van der Waals surface area contributed by atoms with Gasteiger partial charge in [-0.1, -0.05) is 55.8 Å². The molecule has 0 heterocycles. The second-order valence-electron chi connectivity index (χ2n) is 7.20. The number of hydrogen-bond acceptors (Lipinski definition) is 5. The van der Waals surface area contributed by atoms with E-state index in [0.717, 1.165) is 12.0 Å². The lowest BCUT2D eigenvalue weighted by Gasteiger charge is -2.16. The molecule has 0 aromatic heterocycles. The summed E-state index contributed by atoms with van der Waals surface area (Å²) in [4.78, 5) is 35.5. The molecule has 0 saturated heterocycles. The molecule has 6 heteroatoms. The number of rotatable bonds is 11. The Balaban J connectivity index is 4.64. The van der Waals surface area contributed by atoms with Gasteiger partial charge in [0, 0.05) is 18.6 Å². The molecule has 27 heavy (non-hydrogen) atoms. The standard InChI is InChI=1S/C21H35NO4S/c1-8-26-20(24)19(22-18(7)23)11-12-27-21(25)17(6)16(5)10-9-15(4)13-14(2)3/h9-10,14,17,19H,8,11-13H2,1-7H3,(H,22,23). The van der Waals surface area contributed by atoms with E-state index in [4.69, 9.17) is 4.74 Å². The summed E-state index contributed by atoms with van der Waals surface area (Å²) in [6.45, 7) is 13.6. The minimum absolute atomic E-state index is 0.0593. The number of ether oxygens (including phenoxy) is 1. The quantitative estimate of drug-likeness (QED) is 0.416. The zero-order valence-electron chi connectivity index (χ0n) is 17.8.